The molecule has 0 spiro atoms. The highest BCUT2D eigenvalue weighted by Crippen LogP contribution is 2.36. The van der Waals surface area contributed by atoms with Crippen molar-refractivity contribution in [3.8, 4) is 0 Å². The van der Waals surface area contributed by atoms with Crippen molar-refractivity contribution in [2.24, 2.45) is 5.10 Å². The summed E-state index contributed by atoms with van der Waals surface area (Å²) in [6.07, 6.45) is -0.184. The highest BCUT2D eigenvalue weighted by Gasteiger charge is 2.44. The van der Waals surface area contributed by atoms with E-state index in [4.69, 9.17) is 4.74 Å². The summed E-state index contributed by atoms with van der Waals surface area (Å²) in [6.45, 7) is 16.9. The number of hydrazone groups is 1. The number of hydrogen-bond donors (Lipinski definition) is 3. The van der Waals surface area contributed by atoms with Crippen molar-refractivity contribution in [3.05, 3.63) is 35.9 Å². The van der Waals surface area contributed by atoms with E-state index in [-0.39, 0.29) is 29.0 Å². The molecule has 1 aliphatic heterocycles. The predicted octanol–water partition coefficient (Wildman–Crippen LogP) is 4.29. The number of alkyl carbamates (subject to hydrolysis) is 1. The molecule has 3 N–H and O–H groups in total. The Morgan fingerprint density at radius 2 is 1.71 bits per heavy atom. The smallest absolute Gasteiger partial charge is 0.408 e. The molecule has 1 aromatic rings. The minimum atomic E-state index is -0.968. The van der Waals surface area contributed by atoms with E-state index in [1.54, 1.807) is 50.3 Å². The molecular formula is C29H45N5O5S2. The molecule has 41 heavy (non-hydrogen) atoms. The number of carbonyl (C=O) groups is 4. The number of nitrogens with one attached hydrogen (secondary N) is 3. The minimum Gasteiger partial charge on any atom is -0.444 e. The Bertz CT molecular complexity index is 1100. The van der Waals surface area contributed by atoms with E-state index in [0.29, 0.717) is 17.9 Å². The molecule has 12 heteroatoms. The third kappa shape index (κ3) is 12.0. The summed E-state index contributed by atoms with van der Waals surface area (Å²) in [5.74, 6) is -0.870. The summed E-state index contributed by atoms with van der Waals surface area (Å²) in [4.78, 5) is 54.4. The quantitative estimate of drug-likeness (QED) is 0.194. The molecule has 0 saturated carbocycles. The van der Waals surface area contributed by atoms with E-state index in [0.717, 1.165) is 5.56 Å². The number of ether oxygens (including phenoxy) is 1. The summed E-state index contributed by atoms with van der Waals surface area (Å²) >= 11 is 0. The predicted molar refractivity (Wildman–Crippen MR) is 167 cm³/mol. The maximum Gasteiger partial charge on any atom is 0.408 e. The molecule has 1 aromatic carbocycles. The molecule has 1 aliphatic rings. The topological polar surface area (TPSA) is 129 Å². The molecule has 1 saturated heterocycles. The van der Waals surface area contributed by atoms with Gasteiger partial charge in [-0.05, 0) is 53.5 Å². The van der Waals surface area contributed by atoms with Crippen LogP contribution in [0, 0.1) is 0 Å². The van der Waals surface area contributed by atoms with Crippen molar-refractivity contribution in [2.75, 3.05) is 5.75 Å². The van der Waals surface area contributed by atoms with Gasteiger partial charge in [0.2, 0.25) is 11.8 Å². The van der Waals surface area contributed by atoms with Crippen LogP contribution in [0.5, 0.6) is 0 Å². The molecule has 0 aliphatic carbocycles. The van der Waals surface area contributed by atoms with Crippen LogP contribution in [0.1, 0.15) is 74.3 Å². The van der Waals surface area contributed by atoms with E-state index in [2.05, 4.69) is 41.9 Å². The Labute approximate surface area is 251 Å². The van der Waals surface area contributed by atoms with E-state index >= 15 is 0 Å². The van der Waals surface area contributed by atoms with Gasteiger partial charge < -0.3 is 20.3 Å². The summed E-state index contributed by atoms with van der Waals surface area (Å²) < 4.78 is 5.34. The molecule has 2 rings (SSSR count). The zero-order valence-corrected chi connectivity index (χ0v) is 27.2. The first-order valence-electron chi connectivity index (χ1n) is 13.7. The zero-order chi connectivity index (χ0) is 31.0. The van der Waals surface area contributed by atoms with Gasteiger partial charge in [0.05, 0.1) is 0 Å². The van der Waals surface area contributed by atoms with Crippen LogP contribution in [0.3, 0.4) is 0 Å². The third-order valence-electron chi connectivity index (χ3n) is 5.77. The third-order valence-corrected chi connectivity index (χ3v) is 9.11. The molecular weight excluding hydrogens is 562 g/mol. The van der Waals surface area contributed by atoms with Crippen LogP contribution in [-0.2, 0) is 25.5 Å². The van der Waals surface area contributed by atoms with Gasteiger partial charge in [0, 0.05) is 28.7 Å². The fraction of sp³-hybridized carbons (Fsp3) is 0.621. The molecule has 228 valence electrons. The molecule has 4 amide bonds. The number of carbonyl (C=O) groups excluding carboxylic acids is 4. The first kappa shape index (κ1) is 34.5. The van der Waals surface area contributed by atoms with Crippen LogP contribution in [0.4, 0.5) is 4.79 Å². The van der Waals surface area contributed by atoms with Gasteiger partial charge in [0.1, 0.15) is 23.7 Å². The van der Waals surface area contributed by atoms with Crippen molar-refractivity contribution in [1.29, 1.82) is 0 Å². The molecule has 1 heterocycles. The van der Waals surface area contributed by atoms with Crippen LogP contribution < -0.4 is 16.1 Å². The Hall–Kier alpha value is -2.73. The van der Waals surface area contributed by atoms with Gasteiger partial charge in [-0.25, -0.2) is 10.2 Å². The highest BCUT2D eigenvalue weighted by molar-refractivity contribution is 8.77. The summed E-state index contributed by atoms with van der Waals surface area (Å²) in [6, 6.07) is 6.39. The van der Waals surface area contributed by atoms with Gasteiger partial charge in [0.15, 0.2) is 0 Å². The number of rotatable bonds is 11. The number of amides is 4. The van der Waals surface area contributed by atoms with Crippen molar-refractivity contribution >= 4 is 51.1 Å². The average molecular weight is 608 g/mol. The molecule has 0 bridgehead atoms. The maximum atomic E-state index is 13.7. The average Bonchev–Trinajstić information content (AvgIpc) is 3.11. The fourth-order valence-corrected chi connectivity index (χ4v) is 6.63. The molecule has 1 unspecified atom stereocenters. The number of hydrogen-bond acceptors (Lipinski definition) is 8. The SMILES string of the molecule is CC(C)=NNC(=O)[C@H](CSSC(C)(C)C)N1C(=O)[C@@H](NC(=O)[C@H](Cc2ccccc2)NC(=O)OC(C)(C)C)CC1C. The lowest BCUT2D eigenvalue weighted by molar-refractivity contribution is -0.140. The van der Waals surface area contributed by atoms with Gasteiger partial charge in [-0.15, -0.1) is 0 Å². The van der Waals surface area contributed by atoms with E-state index in [1.807, 2.05) is 37.3 Å². The van der Waals surface area contributed by atoms with Crippen molar-refractivity contribution in [3.63, 3.8) is 0 Å². The second-order valence-electron chi connectivity index (χ2n) is 12.3. The lowest BCUT2D eigenvalue weighted by Crippen LogP contribution is -2.55. The van der Waals surface area contributed by atoms with Gasteiger partial charge in [-0.3, -0.25) is 14.4 Å². The van der Waals surface area contributed by atoms with E-state index in [1.165, 1.54) is 10.8 Å². The van der Waals surface area contributed by atoms with Gasteiger partial charge in [-0.1, -0.05) is 72.7 Å². The standard InChI is InChI=1S/C29H45N5O5S2/c1-18(2)32-33-25(36)23(17-40-41-29(7,8)9)34-19(3)15-22(26(34)37)30-24(35)21(16-20-13-11-10-12-14-20)31-27(38)39-28(4,5)6/h10-14,19,21-23H,15-17H2,1-9H3,(H,30,35)(H,31,38)(H,33,36)/t19?,21-,22-,23-/m0/s1. The van der Waals surface area contributed by atoms with Crippen molar-refractivity contribution in [1.82, 2.24) is 21.0 Å². The lowest BCUT2D eigenvalue weighted by atomic mass is 10.0. The summed E-state index contributed by atoms with van der Waals surface area (Å²) in [5.41, 5.74) is 3.35. The molecule has 0 aromatic heterocycles. The second-order valence-corrected chi connectivity index (χ2v) is 15.5. The molecule has 4 atom stereocenters. The molecule has 10 nitrogen and oxygen atoms in total. The van der Waals surface area contributed by atoms with Crippen molar-refractivity contribution < 1.29 is 23.9 Å². The van der Waals surface area contributed by atoms with E-state index in [9.17, 15) is 19.2 Å². The molecule has 0 radical (unpaired) electrons. The highest BCUT2D eigenvalue weighted by atomic mass is 33.1. The normalized spacial score (nSPS) is 18.8. The zero-order valence-electron chi connectivity index (χ0n) is 25.6. The monoisotopic (exact) mass is 607 g/mol. The molecule has 1 fully saturated rings. The Kier molecular flexibility index (Phi) is 12.6. The summed E-state index contributed by atoms with van der Waals surface area (Å²) in [7, 11) is 3.15. The van der Waals surface area contributed by atoms with Crippen LogP contribution in [0.15, 0.2) is 35.4 Å². The van der Waals surface area contributed by atoms with Gasteiger partial charge >= 0.3 is 6.09 Å². The first-order chi connectivity index (χ1) is 19.0. The largest absolute Gasteiger partial charge is 0.444 e. The number of benzene rings is 1. The first-order valence-corrected chi connectivity index (χ1v) is 16.1. The van der Waals surface area contributed by atoms with Gasteiger partial charge in [-0.2, -0.15) is 5.10 Å². The van der Waals surface area contributed by atoms with Crippen LogP contribution in [0.25, 0.3) is 0 Å². The summed E-state index contributed by atoms with van der Waals surface area (Å²) in [5, 5.41) is 9.54. The minimum absolute atomic E-state index is 0.0318. The lowest BCUT2D eigenvalue weighted by Gasteiger charge is -2.30. The number of likely N-dealkylation sites (tertiary alicyclic amines) is 1. The van der Waals surface area contributed by atoms with Gasteiger partial charge in [0.25, 0.3) is 5.91 Å². The maximum absolute atomic E-state index is 13.7. The Morgan fingerprint density at radius 1 is 1.07 bits per heavy atom. The van der Waals surface area contributed by atoms with Crippen molar-refractivity contribution in [2.45, 2.75) is 110 Å². The second kappa shape index (κ2) is 14.9. The fourth-order valence-electron chi connectivity index (χ4n) is 4.11. The van der Waals surface area contributed by atoms with Crippen LogP contribution in [-0.4, -0.2) is 74.7 Å². The van der Waals surface area contributed by atoms with E-state index < -0.39 is 35.7 Å². The van der Waals surface area contributed by atoms with Crippen LogP contribution in [0.2, 0.25) is 0 Å². The Morgan fingerprint density at radius 3 is 2.27 bits per heavy atom. The number of nitrogens with zero attached hydrogens (tertiary/aromatic N) is 2. The van der Waals surface area contributed by atoms with Crippen LogP contribution >= 0.6 is 21.6 Å². The Balaban J connectivity index is 2.22.